The van der Waals surface area contributed by atoms with Gasteiger partial charge in [-0.2, -0.15) is 0 Å². The summed E-state index contributed by atoms with van der Waals surface area (Å²) in [4.78, 5) is 38.6. The van der Waals surface area contributed by atoms with Crippen molar-refractivity contribution in [1.29, 1.82) is 0 Å². The predicted molar refractivity (Wildman–Crippen MR) is 182 cm³/mol. The molecule has 6 rings (SSSR count). The van der Waals surface area contributed by atoms with E-state index >= 15 is 4.79 Å². The fraction of sp³-hybridized carbons (Fsp3) is 0.441. The average Bonchev–Trinajstić information content (AvgIpc) is 3.36. The largest absolute Gasteiger partial charge is 0.497 e. The van der Waals surface area contributed by atoms with Gasteiger partial charge in [-0.15, -0.1) is 0 Å². The van der Waals surface area contributed by atoms with E-state index in [4.69, 9.17) is 25.8 Å². The molecule has 0 aliphatic carbocycles. The summed E-state index contributed by atoms with van der Waals surface area (Å²) in [6.07, 6.45) is 2.02. The first-order chi connectivity index (χ1) is 23.5. The molecule has 3 aromatic rings. The van der Waals surface area contributed by atoms with Crippen molar-refractivity contribution in [2.75, 3.05) is 64.9 Å². The van der Waals surface area contributed by atoms with Gasteiger partial charge in [0.15, 0.2) is 0 Å². The molecule has 262 valence electrons. The second kappa shape index (κ2) is 13.7. The van der Waals surface area contributed by atoms with Crippen molar-refractivity contribution in [2.24, 2.45) is 0 Å². The number of benzene rings is 2. The molecular formula is C34H40ClN5O8S. The molecule has 2 amide bonds. The Morgan fingerprint density at radius 3 is 2.47 bits per heavy atom. The Kier molecular flexibility index (Phi) is 9.68. The Hall–Kier alpha value is -4.11. The third-order valence-corrected chi connectivity index (χ3v) is 11.8. The van der Waals surface area contributed by atoms with Crippen LogP contribution in [-0.4, -0.2) is 118 Å². The quantitative estimate of drug-likeness (QED) is 0.345. The normalized spacial score (nSPS) is 22.2. The van der Waals surface area contributed by atoms with Gasteiger partial charge in [-0.1, -0.05) is 17.7 Å². The monoisotopic (exact) mass is 713 g/mol. The molecule has 3 aliphatic rings. The van der Waals surface area contributed by atoms with E-state index in [0.717, 1.165) is 30.2 Å². The van der Waals surface area contributed by atoms with Crippen molar-refractivity contribution in [3.8, 4) is 17.4 Å². The van der Waals surface area contributed by atoms with Crippen LogP contribution in [-0.2, 0) is 20.2 Å². The Labute approximate surface area is 291 Å². The van der Waals surface area contributed by atoms with Crippen LogP contribution in [0.1, 0.15) is 30.9 Å². The topological polar surface area (TPSA) is 142 Å². The van der Waals surface area contributed by atoms with Crippen LogP contribution in [0, 0.1) is 0 Å². The number of likely N-dealkylation sites (tertiary alicyclic amines) is 1. The Morgan fingerprint density at radius 1 is 1.04 bits per heavy atom. The van der Waals surface area contributed by atoms with Crippen LogP contribution in [0.15, 0.2) is 59.6 Å². The standard InChI is InChI=1S/C34H40ClN5O8S/c1-5-48-31-25(7-6-14-36-31)34(30-21-38(17-18-39(30)33(42)43)23-12-15-37(2)16-13-23)26-19-22(35)8-10-27(26)40(32(34)41)49(44,45)29-11-9-24(46-3)20-28(29)47-4/h6-11,14,19-20,23,30H,5,12-13,15-18,21H2,1-4H3,(H,42,43). The number of amides is 2. The summed E-state index contributed by atoms with van der Waals surface area (Å²) < 4.78 is 47.1. The number of aromatic nitrogens is 1. The van der Waals surface area contributed by atoms with Crippen molar-refractivity contribution in [3.63, 3.8) is 0 Å². The molecule has 0 saturated carbocycles. The fourth-order valence-corrected chi connectivity index (χ4v) is 9.30. The summed E-state index contributed by atoms with van der Waals surface area (Å²) in [5.74, 6) is -0.463. The number of hydrogen-bond acceptors (Lipinski definition) is 10. The van der Waals surface area contributed by atoms with E-state index in [1.807, 2.05) is 0 Å². The van der Waals surface area contributed by atoms with E-state index in [2.05, 4.69) is 21.8 Å². The van der Waals surface area contributed by atoms with E-state index in [1.165, 1.54) is 55.6 Å². The first kappa shape index (κ1) is 34.7. The minimum absolute atomic E-state index is 0.0326. The van der Waals surface area contributed by atoms with Gasteiger partial charge in [-0.05, 0) is 76.3 Å². The highest BCUT2D eigenvalue weighted by atomic mass is 35.5. The van der Waals surface area contributed by atoms with Gasteiger partial charge < -0.3 is 29.1 Å². The molecule has 0 radical (unpaired) electrons. The second-order valence-electron chi connectivity index (χ2n) is 12.4. The number of sulfonamides is 1. The maximum atomic E-state index is 15.6. The lowest BCUT2D eigenvalue weighted by atomic mass is 9.68. The number of carboxylic acid groups (broad SMARTS) is 1. The molecule has 2 fully saturated rings. The van der Waals surface area contributed by atoms with Gasteiger partial charge in [0.2, 0.25) is 5.88 Å². The number of piperazine rings is 1. The lowest BCUT2D eigenvalue weighted by molar-refractivity contribution is -0.124. The Balaban J connectivity index is 1.63. The smallest absolute Gasteiger partial charge is 0.407 e. The van der Waals surface area contributed by atoms with E-state index in [0.29, 0.717) is 12.3 Å². The summed E-state index contributed by atoms with van der Waals surface area (Å²) >= 11 is 6.64. The van der Waals surface area contributed by atoms with E-state index in [9.17, 15) is 18.3 Å². The second-order valence-corrected chi connectivity index (χ2v) is 14.6. The molecule has 1 aromatic heterocycles. The van der Waals surface area contributed by atoms with Gasteiger partial charge in [0, 0.05) is 54.1 Å². The number of fused-ring (bicyclic) bond motifs is 1. The van der Waals surface area contributed by atoms with Crippen molar-refractivity contribution in [1.82, 2.24) is 19.7 Å². The van der Waals surface area contributed by atoms with Crippen LogP contribution in [0.2, 0.25) is 5.02 Å². The van der Waals surface area contributed by atoms with Gasteiger partial charge in [0.25, 0.3) is 15.9 Å². The van der Waals surface area contributed by atoms with Gasteiger partial charge in [-0.3, -0.25) is 9.69 Å². The van der Waals surface area contributed by atoms with E-state index in [-0.39, 0.29) is 64.1 Å². The molecule has 3 aliphatic heterocycles. The third-order valence-electron chi connectivity index (χ3n) is 9.85. The molecule has 49 heavy (non-hydrogen) atoms. The molecule has 13 nitrogen and oxygen atoms in total. The van der Waals surface area contributed by atoms with E-state index < -0.39 is 33.5 Å². The predicted octanol–water partition coefficient (Wildman–Crippen LogP) is 3.93. The van der Waals surface area contributed by atoms with Crippen molar-refractivity contribution >= 4 is 39.3 Å². The molecule has 2 unspecified atom stereocenters. The number of hydrogen-bond donors (Lipinski definition) is 1. The van der Waals surface area contributed by atoms with E-state index in [1.54, 1.807) is 25.1 Å². The number of methoxy groups -OCH3 is 2. The molecule has 15 heteroatoms. The molecule has 4 heterocycles. The van der Waals surface area contributed by atoms with Crippen LogP contribution in [0.3, 0.4) is 0 Å². The zero-order valence-corrected chi connectivity index (χ0v) is 29.4. The summed E-state index contributed by atoms with van der Waals surface area (Å²) in [5, 5.41) is 10.9. The van der Waals surface area contributed by atoms with Gasteiger partial charge in [0.1, 0.15) is 21.8 Å². The number of pyridine rings is 1. The van der Waals surface area contributed by atoms with Gasteiger partial charge in [-0.25, -0.2) is 22.5 Å². The fourth-order valence-electron chi connectivity index (χ4n) is 7.51. The minimum atomic E-state index is -4.69. The number of carbonyl (C=O) groups is 2. The number of halogens is 1. The first-order valence-electron chi connectivity index (χ1n) is 16.1. The molecule has 2 aromatic carbocycles. The average molecular weight is 714 g/mol. The number of carbonyl (C=O) groups excluding carboxylic acids is 1. The van der Waals surface area contributed by atoms with Crippen molar-refractivity contribution < 1.29 is 37.3 Å². The number of nitrogens with zero attached hydrogens (tertiary/aromatic N) is 5. The molecular weight excluding hydrogens is 674 g/mol. The molecule has 2 saturated heterocycles. The zero-order chi connectivity index (χ0) is 35.1. The molecule has 2 atom stereocenters. The maximum Gasteiger partial charge on any atom is 0.407 e. The number of piperidine rings is 1. The zero-order valence-electron chi connectivity index (χ0n) is 27.8. The third kappa shape index (κ3) is 5.83. The van der Waals surface area contributed by atoms with Gasteiger partial charge >= 0.3 is 6.09 Å². The van der Waals surface area contributed by atoms with Gasteiger partial charge in [0.05, 0.1) is 32.6 Å². The SMILES string of the molecule is CCOc1ncccc1C1(C2CN(C3CCN(C)CC3)CCN2C(=O)O)C(=O)N(S(=O)(=O)c2ccc(OC)cc2OC)c2ccc(Cl)cc21. The van der Waals surface area contributed by atoms with Crippen LogP contribution >= 0.6 is 11.6 Å². The maximum absolute atomic E-state index is 15.6. The van der Waals surface area contributed by atoms with Crippen molar-refractivity contribution in [3.05, 3.63) is 70.9 Å². The molecule has 0 bridgehead atoms. The summed E-state index contributed by atoms with van der Waals surface area (Å²) in [6, 6.07) is 11.1. The number of rotatable bonds is 9. The Bertz CT molecular complexity index is 1850. The van der Waals surface area contributed by atoms with Crippen LogP contribution < -0.4 is 18.5 Å². The highest BCUT2D eigenvalue weighted by Gasteiger charge is 2.64. The molecule has 0 spiro atoms. The Morgan fingerprint density at radius 2 is 1.80 bits per heavy atom. The summed E-state index contributed by atoms with van der Waals surface area (Å²) in [5.41, 5.74) is -1.42. The van der Waals surface area contributed by atoms with Crippen molar-refractivity contribution in [2.45, 2.75) is 42.2 Å². The number of anilines is 1. The number of ether oxygens (including phenoxy) is 3. The van der Waals surface area contributed by atoms with Crippen LogP contribution in [0.5, 0.6) is 17.4 Å². The lowest BCUT2D eigenvalue weighted by Gasteiger charge is -2.50. The van der Waals surface area contributed by atoms with Crippen LogP contribution in [0.25, 0.3) is 0 Å². The first-order valence-corrected chi connectivity index (χ1v) is 17.9. The summed E-state index contributed by atoms with van der Waals surface area (Å²) in [7, 11) is 0.148. The lowest BCUT2D eigenvalue weighted by Crippen LogP contribution is -2.67. The summed E-state index contributed by atoms with van der Waals surface area (Å²) in [6.45, 7) is 4.43. The van der Waals surface area contributed by atoms with Crippen LogP contribution in [0.4, 0.5) is 10.5 Å². The highest BCUT2D eigenvalue weighted by molar-refractivity contribution is 7.93. The molecule has 1 N–H and O–H groups in total. The minimum Gasteiger partial charge on any atom is -0.497 e. The highest BCUT2D eigenvalue weighted by Crippen LogP contribution is 2.55.